The summed E-state index contributed by atoms with van der Waals surface area (Å²) in [5.41, 5.74) is 1.87. The van der Waals surface area contributed by atoms with Crippen LogP contribution in [0.2, 0.25) is 0 Å². The van der Waals surface area contributed by atoms with Crippen LogP contribution >= 0.6 is 0 Å². The van der Waals surface area contributed by atoms with Gasteiger partial charge in [-0.15, -0.1) is 0 Å². The van der Waals surface area contributed by atoms with Gasteiger partial charge in [-0.25, -0.2) is 15.0 Å². The fourth-order valence-corrected chi connectivity index (χ4v) is 1.30. The molecule has 0 saturated heterocycles. The van der Waals surface area contributed by atoms with Crippen LogP contribution in [0.4, 0.5) is 0 Å². The molecule has 4 nitrogen and oxygen atoms in total. The minimum absolute atomic E-state index is 0.389. The molecule has 0 N–H and O–H groups in total. The van der Waals surface area contributed by atoms with E-state index in [-0.39, 0.29) is 0 Å². The van der Waals surface area contributed by atoms with Crippen molar-refractivity contribution < 1.29 is 0 Å². The minimum Gasteiger partial charge on any atom is -0.233 e. The lowest BCUT2D eigenvalue weighted by Crippen LogP contribution is -1.96. The topological polar surface area (TPSA) is 62.5 Å². The van der Waals surface area contributed by atoms with Crippen molar-refractivity contribution in [3.05, 3.63) is 29.3 Å². The first-order valence-corrected chi connectivity index (χ1v) is 4.23. The summed E-state index contributed by atoms with van der Waals surface area (Å²) in [6.45, 7) is 3.65. The normalized spacial score (nSPS) is 10.1. The van der Waals surface area contributed by atoms with Gasteiger partial charge in [0.1, 0.15) is 11.9 Å². The molecule has 0 radical (unpaired) electrons. The van der Waals surface area contributed by atoms with Crippen molar-refractivity contribution in [3.8, 4) is 6.07 Å². The quantitative estimate of drug-likeness (QED) is 0.622. The van der Waals surface area contributed by atoms with Crippen molar-refractivity contribution in [2.45, 2.75) is 13.8 Å². The molecule has 68 valence electrons. The lowest BCUT2D eigenvalue weighted by atomic mass is 10.2. The number of aryl methyl sites for hydroxylation is 2. The van der Waals surface area contributed by atoms with Gasteiger partial charge in [-0.05, 0) is 26.0 Å². The lowest BCUT2D eigenvalue weighted by Gasteiger charge is -2.00. The van der Waals surface area contributed by atoms with Crippen LogP contribution < -0.4 is 0 Å². The van der Waals surface area contributed by atoms with Crippen LogP contribution in [-0.4, -0.2) is 15.0 Å². The molecule has 0 saturated carbocycles. The first-order chi connectivity index (χ1) is 6.70. The molecule has 4 heteroatoms. The number of aromatic nitrogens is 3. The Kier molecular flexibility index (Phi) is 1.86. The second kappa shape index (κ2) is 3.04. The smallest absolute Gasteiger partial charge is 0.164 e. The Labute approximate surface area is 81.3 Å². The first-order valence-electron chi connectivity index (χ1n) is 4.23. The Morgan fingerprint density at radius 3 is 2.64 bits per heavy atom. The summed E-state index contributed by atoms with van der Waals surface area (Å²) in [5, 5.41) is 9.57. The Morgan fingerprint density at radius 1 is 1.14 bits per heavy atom. The van der Waals surface area contributed by atoms with E-state index in [1.54, 1.807) is 6.92 Å². The highest BCUT2D eigenvalue weighted by Crippen LogP contribution is 2.13. The van der Waals surface area contributed by atoms with Crippen LogP contribution in [-0.2, 0) is 0 Å². The summed E-state index contributed by atoms with van der Waals surface area (Å²) >= 11 is 0. The van der Waals surface area contributed by atoms with E-state index in [0.29, 0.717) is 22.6 Å². The van der Waals surface area contributed by atoms with Gasteiger partial charge in [-0.3, -0.25) is 0 Å². The van der Waals surface area contributed by atoms with Gasteiger partial charge in [-0.1, -0.05) is 0 Å². The fourth-order valence-electron chi connectivity index (χ4n) is 1.30. The number of hydrogen-bond donors (Lipinski definition) is 0. The van der Waals surface area contributed by atoms with Crippen molar-refractivity contribution in [2.75, 3.05) is 0 Å². The Hall–Kier alpha value is -2.02. The van der Waals surface area contributed by atoms with E-state index < -0.39 is 0 Å². The summed E-state index contributed by atoms with van der Waals surface area (Å²) in [6.07, 6.45) is 0. The van der Waals surface area contributed by atoms with Gasteiger partial charge >= 0.3 is 0 Å². The third-order valence-corrected chi connectivity index (χ3v) is 1.92. The molecule has 0 aliphatic heterocycles. The number of pyridine rings is 1. The second-order valence-electron chi connectivity index (χ2n) is 3.06. The molecule has 0 aromatic carbocycles. The van der Waals surface area contributed by atoms with Crippen molar-refractivity contribution in [3.63, 3.8) is 0 Å². The third-order valence-electron chi connectivity index (χ3n) is 1.92. The number of hydrogen-bond acceptors (Lipinski definition) is 4. The maximum absolute atomic E-state index is 8.86. The SMILES string of the molecule is Cc1ccc2c(C#N)nc(C)nc2n1. The molecule has 0 amide bonds. The Morgan fingerprint density at radius 2 is 1.93 bits per heavy atom. The molecule has 0 atom stereocenters. The molecule has 0 unspecified atom stereocenters. The Balaban J connectivity index is 2.89. The summed E-state index contributed by atoms with van der Waals surface area (Å²) < 4.78 is 0. The fraction of sp³-hybridized carbons (Fsp3) is 0.200. The van der Waals surface area contributed by atoms with Crippen LogP contribution in [0.25, 0.3) is 11.0 Å². The molecule has 2 heterocycles. The van der Waals surface area contributed by atoms with Crippen LogP contribution in [0.5, 0.6) is 0 Å². The van der Waals surface area contributed by atoms with Crippen molar-refractivity contribution in [1.29, 1.82) is 5.26 Å². The zero-order chi connectivity index (χ0) is 10.1. The van der Waals surface area contributed by atoms with E-state index in [1.807, 2.05) is 25.1 Å². The van der Waals surface area contributed by atoms with E-state index >= 15 is 0 Å². The summed E-state index contributed by atoms with van der Waals surface area (Å²) in [5.74, 6) is 0.576. The number of fused-ring (bicyclic) bond motifs is 1. The maximum atomic E-state index is 8.86. The molecule has 0 aliphatic carbocycles. The molecular formula is C10H8N4. The predicted molar refractivity (Wildman–Crippen MR) is 51.5 cm³/mol. The van der Waals surface area contributed by atoms with Gasteiger partial charge in [0.05, 0.1) is 5.39 Å². The average molecular weight is 184 g/mol. The van der Waals surface area contributed by atoms with Crippen molar-refractivity contribution in [2.24, 2.45) is 0 Å². The van der Waals surface area contributed by atoms with Crippen LogP contribution in [0.3, 0.4) is 0 Å². The van der Waals surface area contributed by atoms with E-state index in [0.717, 1.165) is 5.69 Å². The summed E-state index contributed by atoms with van der Waals surface area (Å²) in [7, 11) is 0. The highest BCUT2D eigenvalue weighted by molar-refractivity contribution is 5.79. The molecule has 2 aromatic rings. The molecule has 0 bridgehead atoms. The zero-order valence-corrected chi connectivity index (χ0v) is 7.94. The van der Waals surface area contributed by atoms with Gasteiger partial charge in [0.25, 0.3) is 0 Å². The number of nitriles is 1. The molecule has 0 aliphatic rings. The highest BCUT2D eigenvalue weighted by atomic mass is 14.9. The van der Waals surface area contributed by atoms with Gasteiger partial charge in [0, 0.05) is 5.69 Å². The second-order valence-corrected chi connectivity index (χ2v) is 3.06. The molecule has 0 spiro atoms. The molecular weight excluding hydrogens is 176 g/mol. The van der Waals surface area contributed by atoms with Crippen LogP contribution in [0.15, 0.2) is 12.1 Å². The van der Waals surface area contributed by atoms with Gasteiger partial charge in [0.15, 0.2) is 11.3 Å². The van der Waals surface area contributed by atoms with E-state index in [2.05, 4.69) is 15.0 Å². The van der Waals surface area contributed by atoms with Gasteiger partial charge < -0.3 is 0 Å². The first kappa shape index (κ1) is 8.57. The van der Waals surface area contributed by atoms with Crippen LogP contribution in [0.1, 0.15) is 17.2 Å². The third kappa shape index (κ3) is 1.29. The van der Waals surface area contributed by atoms with E-state index in [1.165, 1.54) is 0 Å². The van der Waals surface area contributed by atoms with Gasteiger partial charge in [-0.2, -0.15) is 5.26 Å². The van der Waals surface area contributed by atoms with Gasteiger partial charge in [0.2, 0.25) is 0 Å². The molecule has 14 heavy (non-hydrogen) atoms. The minimum atomic E-state index is 0.389. The maximum Gasteiger partial charge on any atom is 0.164 e. The standard InChI is InChI=1S/C10H8N4/c1-6-3-4-8-9(5-11)13-7(2)14-10(8)12-6/h3-4H,1-2H3. The molecule has 2 rings (SSSR count). The van der Waals surface area contributed by atoms with E-state index in [9.17, 15) is 0 Å². The molecule has 2 aromatic heterocycles. The summed E-state index contributed by atoms with van der Waals surface area (Å²) in [6, 6.07) is 5.72. The number of rotatable bonds is 0. The highest BCUT2D eigenvalue weighted by Gasteiger charge is 2.05. The number of nitrogens with zero attached hydrogens (tertiary/aromatic N) is 4. The zero-order valence-electron chi connectivity index (χ0n) is 7.94. The molecule has 0 fully saturated rings. The largest absolute Gasteiger partial charge is 0.233 e. The van der Waals surface area contributed by atoms with Crippen molar-refractivity contribution in [1.82, 2.24) is 15.0 Å². The van der Waals surface area contributed by atoms with E-state index in [4.69, 9.17) is 5.26 Å². The average Bonchev–Trinajstić information content (AvgIpc) is 2.15. The predicted octanol–water partition coefficient (Wildman–Crippen LogP) is 1.51. The lowest BCUT2D eigenvalue weighted by molar-refractivity contribution is 1.05. The van der Waals surface area contributed by atoms with Crippen LogP contribution in [0, 0.1) is 25.2 Å². The Bertz CT molecular complexity index is 534. The monoisotopic (exact) mass is 184 g/mol. The summed E-state index contributed by atoms with van der Waals surface area (Å²) in [4.78, 5) is 12.5. The van der Waals surface area contributed by atoms with Crippen molar-refractivity contribution >= 4 is 11.0 Å².